The van der Waals surface area contributed by atoms with E-state index >= 15 is 0 Å². The molecule has 0 saturated heterocycles. The number of aryl methyl sites for hydroxylation is 1. The van der Waals surface area contributed by atoms with Gasteiger partial charge in [0.05, 0.1) is 11.4 Å². The van der Waals surface area contributed by atoms with Gasteiger partial charge in [0, 0.05) is 8.45 Å². The Balaban J connectivity index is 2.61. The molecule has 0 atom stereocenters. The van der Waals surface area contributed by atoms with Crippen LogP contribution in [0.1, 0.15) is 11.8 Å². The molecule has 2 rings (SSSR count). The number of halogens is 1. The minimum Gasteiger partial charge on any atom is -0.236 e. The molecule has 0 bridgehead atoms. The average molecular weight is 331 g/mol. The first-order valence-electron chi connectivity index (χ1n) is 4.20. The van der Waals surface area contributed by atoms with E-state index in [1.54, 1.807) is 11.3 Å². The van der Waals surface area contributed by atoms with E-state index in [-0.39, 0.29) is 0 Å². The largest absolute Gasteiger partial charge is 0.236 e. The fraction of sp³-hybridized carbons (Fsp3) is 0.250. The number of hydrogen-bond acceptors (Lipinski definition) is 4. The van der Waals surface area contributed by atoms with Gasteiger partial charge in [-0.25, -0.2) is 4.85 Å². The maximum absolute atomic E-state index is 7.13. The highest BCUT2D eigenvalue weighted by Crippen LogP contribution is 2.41. The van der Waals surface area contributed by atoms with E-state index in [2.05, 4.69) is 48.1 Å². The van der Waals surface area contributed by atoms with Gasteiger partial charge in [0.1, 0.15) is 0 Å². The molecule has 0 aliphatic heterocycles. The van der Waals surface area contributed by atoms with Crippen LogP contribution in [-0.4, -0.2) is 20.6 Å². The van der Waals surface area contributed by atoms with E-state index in [1.165, 1.54) is 0 Å². The average Bonchev–Trinajstić information content (AvgIpc) is 2.84. The van der Waals surface area contributed by atoms with Crippen molar-refractivity contribution in [1.29, 1.82) is 0 Å². The molecule has 0 radical (unpaired) electrons. The molecule has 0 aliphatic rings. The predicted octanol–water partition coefficient (Wildman–Crippen LogP) is 2.65. The predicted molar refractivity (Wildman–Crippen MR) is 65.8 cm³/mol. The molecule has 0 fully saturated rings. The number of rotatable bonds is 2. The lowest BCUT2D eigenvalue weighted by Gasteiger charge is -1.88. The van der Waals surface area contributed by atoms with Crippen LogP contribution in [-0.2, 0) is 6.42 Å². The molecule has 1 N–H and O–H groups in total. The molecule has 0 saturated carbocycles. The van der Waals surface area contributed by atoms with Gasteiger partial charge in [-0.3, -0.25) is 0 Å². The van der Waals surface area contributed by atoms with Crippen molar-refractivity contribution in [2.45, 2.75) is 13.3 Å². The third-order valence-electron chi connectivity index (χ3n) is 1.88. The van der Waals surface area contributed by atoms with Crippen molar-refractivity contribution in [1.82, 2.24) is 20.6 Å². The number of nitrogens with one attached hydrogen (secondary N) is 1. The Hall–Kier alpha value is -1.01. The molecule has 0 unspecified atom stereocenters. The summed E-state index contributed by atoms with van der Waals surface area (Å²) >= 11 is 3.72. The van der Waals surface area contributed by atoms with E-state index in [4.69, 9.17) is 6.57 Å². The van der Waals surface area contributed by atoms with Gasteiger partial charge in [-0.2, -0.15) is 5.21 Å². The SMILES string of the molecule is [C-]#[N+]c1c(CC)sc(-c2nn[nH]n2)c1I. The first-order valence-corrected chi connectivity index (χ1v) is 6.09. The van der Waals surface area contributed by atoms with Crippen LogP contribution in [0.4, 0.5) is 5.69 Å². The molecule has 2 aromatic heterocycles. The maximum Gasteiger partial charge on any atom is 0.214 e. The van der Waals surface area contributed by atoms with Crippen LogP contribution in [0.25, 0.3) is 15.5 Å². The van der Waals surface area contributed by atoms with Gasteiger partial charge in [0.2, 0.25) is 11.5 Å². The Morgan fingerprint density at radius 2 is 2.40 bits per heavy atom. The van der Waals surface area contributed by atoms with Crippen LogP contribution in [0.3, 0.4) is 0 Å². The normalized spacial score (nSPS) is 10.2. The summed E-state index contributed by atoms with van der Waals surface area (Å²) in [6.07, 6.45) is 0.857. The second kappa shape index (κ2) is 4.24. The highest BCUT2D eigenvalue weighted by molar-refractivity contribution is 14.1. The molecule has 7 heteroatoms. The number of thiophene rings is 1. The molecule has 0 spiro atoms. The topological polar surface area (TPSA) is 58.8 Å². The number of tetrazole rings is 1. The highest BCUT2D eigenvalue weighted by atomic mass is 127. The summed E-state index contributed by atoms with van der Waals surface area (Å²) in [7, 11) is 0. The number of hydrogen-bond donors (Lipinski definition) is 1. The minimum atomic E-state index is 0.564. The fourth-order valence-electron chi connectivity index (χ4n) is 1.20. The standard InChI is InChI=1S/C8H6IN5S/c1-3-4-6(10-2)5(9)7(15-4)8-11-13-14-12-8/h3H2,1H3,(H,11,12,13,14). The fourth-order valence-corrected chi connectivity index (χ4v) is 3.40. The van der Waals surface area contributed by atoms with Crippen molar-refractivity contribution in [2.24, 2.45) is 0 Å². The van der Waals surface area contributed by atoms with E-state index in [1.807, 2.05) is 6.92 Å². The molecule has 0 aliphatic carbocycles. The number of nitrogens with zero attached hydrogens (tertiary/aromatic N) is 4. The van der Waals surface area contributed by atoms with Crippen molar-refractivity contribution in [3.8, 4) is 10.7 Å². The summed E-state index contributed by atoms with van der Waals surface area (Å²) < 4.78 is 0.922. The number of H-pyrrole nitrogens is 1. The summed E-state index contributed by atoms with van der Waals surface area (Å²) in [4.78, 5) is 5.54. The summed E-state index contributed by atoms with van der Waals surface area (Å²) in [5.41, 5.74) is 0.725. The lowest BCUT2D eigenvalue weighted by molar-refractivity contribution is 0.881. The zero-order valence-electron chi connectivity index (χ0n) is 7.78. The van der Waals surface area contributed by atoms with Gasteiger partial charge in [0.15, 0.2) is 0 Å². The lowest BCUT2D eigenvalue weighted by atomic mass is 10.3. The van der Waals surface area contributed by atoms with Crippen LogP contribution in [0.2, 0.25) is 0 Å². The van der Waals surface area contributed by atoms with E-state index in [0.717, 1.165) is 25.4 Å². The van der Waals surface area contributed by atoms with Crippen LogP contribution in [0.15, 0.2) is 0 Å². The zero-order valence-corrected chi connectivity index (χ0v) is 10.8. The maximum atomic E-state index is 7.13. The first kappa shape index (κ1) is 10.5. The summed E-state index contributed by atoms with van der Waals surface area (Å²) in [5, 5.41) is 13.8. The molecular formula is C8H6IN5S. The summed E-state index contributed by atoms with van der Waals surface area (Å²) in [6.45, 7) is 9.17. The second-order valence-corrected chi connectivity index (χ2v) is 4.90. The Bertz CT molecular complexity index is 510. The molecular weight excluding hydrogens is 325 g/mol. The molecule has 2 aromatic rings. The van der Waals surface area contributed by atoms with Gasteiger partial charge < -0.3 is 0 Å². The minimum absolute atomic E-state index is 0.564. The van der Waals surface area contributed by atoms with Gasteiger partial charge in [-0.05, 0) is 11.6 Å². The Morgan fingerprint density at radius 3 is 2.87 bits per heavy atom. The Morgan fingerprint density at radius 1 is 1.60 bits per heavy atom. The highest BCUT2D eigenvalue weighted by Gasteiger charge is 2.18. The number of aromatic nitrogens is 4. The Kier molecular flexibility index (Phi) is 2.97. The third kappa shape index (κ3) is 1.74. The smallest absolute Gasteiger partial charge is 0.214 e. The van der Waals surface area contributed by atoms with Gasteiger partial charge in [0.25, 0.3) is 0 Å². The van der Waals surface area contributed by atoms with Gasteiger partial charge in [-0.15, -0.1) is 21.5 Å². The van der Waals surface area contributed by atoms with Crippen molar-refractivity contribution >= 4 is 39.6 Å². The molecule has 5 nitrogen and oxygen atoms in total. The van der Waals surface area contributed by atoms with Crippen molar-refractivity contribution in [2.75, 3.05) is 0 Å². The third-order valence-corrected chi connectivity index (χ3v) is 4.61. The molecule has 15 heavy (non-hydrogen) atoms. The van der Waals surface area contributed by atoms with Gasteiger partial charge >= 0.3 is 0 Å². The van der Waals surface area contributed by atoms with Crippen molar-refractivity contribution < 1.29 is 0 Å². The molecule has 0 aromatic carbocycles. The second-order valence-electron chi connectivity index (χ2n) is 2.72. The monoisotopic (exact) mass is 331 g/mol. The van der Waals surface area contributed by atoms with Crippen molar-refractivity contribution in [3.05, 3.63) is 19.9 Å². The summed E-state index contributed by atoms with van der Waals surface area (Å²) in [6, 6.07) is 0. The van der Waals surface area contributed by atoms with E-state index < -0.39 is 0 Å². The number of aromatic amines is 1. The molecule has 0 amide bonds. The van der Waals surface area contributed by atoms with E-state index in [0.29, 0.717) is 5.82 Å². The summed E-state index contributed by atoms with van der Waals surface area (Å²) in [5.74, 6) is 0.564. The molecule has 2 heterocycles. The van der Waals surface area contributed by atoms with Crippen LogP contribution >= 0.6 is 33.9 Å². The van der Waals surface area contributed by atoms with Crippen molar-refractivity contribution in [3.63, 3.8) is 0 Å². The quantitative estimate of drug-likeness (QED) is 0.680. The van der Waals surface area contributed by atoms with Gasteiger partial charge in [-0.1, -0.05) is 29.5 Å². The first-order chi connectivity index (χ1) is 7.27. The molecule has 76 valence electrons. The van der Waals surface area contributed by atoms with E-state index in [9.17, 15) is 0 Å². The van der Waals surface area contributed by atoms with Crippen LogP contribution in [0.5, 0.6) is 0 Å². The van der Waals surface area contributed by atoms with Crippen LogP contribution in [0, 0.1) is 10.1 Å². The lowest BCUT2D eigenvalue weighted by Crippen LogP contribution is -1.78. The van der Waals surface area contributed by atoms with Crippen LogP contribution < -0.4 is 0 Å². The Labute approximate surface area is 104 Å². The zero-order chi connectivity index (χ0) is 10.8.